The third-order valence-electron chi connectivity index (χ3n) is 0.998. The molecule has 0 fully saturated rings. The molecular formula is C6H6ClKO2S. The average Bonchev–Trinajstić information content (AvgIpc) is 1.88. The van der Waals surface area contributed by atoms with Crippen LogP contribution in [0, 0.1) is 0 Å². The molecule has 0 aliphatic rings. The molecule has 0 amide bonds. The topological polar surface area (TPSA) is 37.3 Å². The van der Waals surface area contributed by atoms with Crippen LogP contribution in [0.25, 0.3) is 0 Å². The second-order valence-corrected chi connectivity index (χ2v) is 3.11. The first-order valence-electron chi connectivity index (χ1n) is 2.56. The van der Waals surface area contributed by atoms with E-state index in [0.29, 0.717) is 9.92 Å². The first-order chi connectivity index (χ1) is 4.70. The van der Waals surface area contributed by atoms with Gasteiger partial charge in [0.15, 0.2) is 11.1 Å². The molecule has 0 radical (unpaired) electrons. The summed E-state index contributed by atoms with van der Waals surface area (Å²) in [5.41, 5.74) is 0. The van der Waals surface area contributed by atoms with Crippen molar-refractivity contribution in [3.63, 3.8) is 0 Å². The Morgan fingerprint density at radius 2 is 2.09 bits per heavy atom. The van der Waals surface area contributed by atoms with E-state index in [2.05, 4.69) is 0 Å². The van der Waals surface area contributed by atoms with Gasteiger partial charge in [0, 0.05) is 5.02 Å². The van der Waals surface area contributed by atoms with Crippen molar-refractivity contribution in [3.05, 3.63) is 29.3 Å². The number of hydrogen-bond acceptors (Lipinski definition) is 1. The van der Waals surface area contributed by atoms with Crippen molar-refractivity contribution in [2.45, 2.75) is 4.90 Å². The summed E-state index contributed by atoms with van der Waals surface area (Å²) in [4.78, 5) is 0.326. The van der Waals surface area contributed by atoms with Gasteiger partial charge >= 0.3 is 51.4 Å². The Balaban J connectivity index is 0.000001000. The molecule has 0 spiro atoms. The summed E-state index contributed by atoms with van der Waals surface area (Å²) in [6, 6.07) is 6.28. The molecule has 0 bridgehead atoms. The van der Waals surface area contributed by atoms with Crippen molar-refractivity contribution in [2.75, 3.05) is 0 Å². The van der Waals surface area contributed by atoms with Crippen LogP contribution in [0.1, 0.15) is 0 Å². The van der Waals surface area contributed by atoms with Gasteiger partial charge in [0.25, 0.3) is 0 Å². The molecule has 1 unspecified atom stereocenters. The summed E-state index contributed by atoms with van der Waals surface area (Å²) >= 11 is 3.62. The Kier molecular flexibility index (Phi) is 6.49. The Morgan fingerprint density at radius 1 is 1.45 bits per heavy atom. The van der Waals surface area contributed by atoms with Gasteiger partial charge in [-0.1, -0.05) is 17.7 Å². The molecule has 0 aliphatic heterocycles. The third kappa shape index (κ3) is 4.14. The number of hydrogen-bond donors (Lipinski definition) is 1. The summed E-state index contributed by atoms with van der Waals surface area (Å²) in [6.45, 7) is 0. The van der Waals surface area contributed by atoms with Crippen LogP contribution in [-0.2, 0) is 11.1 Å². The second-order valence-electron chi connectivity index (χ2n) is 1.71. The molecule has 0 saturated heterocycles. The van der Waals surface area contributed by atoms with Gasteiger partial charge in [-0.3, -0.25) is 0 Å². The van der Waals surface area contributed by atoms with Crippen LogP contribution < -0.4 is 0 Å². The summed E-state index contributed by atoms with van der Waals surface area (Å²) in [5, 5.41) is 0.472. The summed E-state index contributed by atoms with van der Waals surface area (Å²) in [6.07, 6.45) is 0. The van der Waals surface area contributed by atoms with E-state index in [4.69, 9.17) is 16.2 Å². The first kappa shape index (κ1) is 12.3. The molecular weight excluding hydrogens is 211 g/mol. The van der Waals surface area contributed by atoms with Crippen molar-refractivity contribution in [2.24, 2.45) is 0 Å². The summed E-state index contributed by atoms with van der Waals surface area (Å²) < 4.78 is 19.0. The van der Waals surface area contributed by atoms with Crippen LogP contribution in [0.15, 0.2) is 29.2 Å². The van der Waals surface area contributed by atoms with Gasteiger partial charge in [-0.2, -0.15) is 0 Å². The van der Waals surface area contributed by atoms with Crippen molar-refractivity contribution < 1.29 is 8.76 Å². The SMILES string of the molecule is O=S(O)c1cccc(Cl)c1.[KH]. The van der Waals surface area contributed by atoms with Crippen molar-refractivity contribution in [1.29, 1.82) is 0 Å². The maximum atomic E-state index is 10.4. The molecule has 0 aliphatic carbocycles. The first-order valence-corrected chi connectivity index (χ1v) is 4.05. The van der Waals surface area contributed by atoms with Gasteiger partial charge in [-0.25, -0.2) is 4.21 Å². The quantitative estimate of drug-likeness (QED) is 0.567. The van der Waals surface area contributed by atoms with Gasteiger partial charge in [-0.15, -0.1) is 0 Å². The zero-order chi connectivity index (χ0) is 7.56. The zero-order valence-electron chi connectivity index (χ0n) is 4.95. The van der Waals surface area contributed by atoms with Crippen molar-refractivity contribution >= 4 is 74.1 Å². The zero-order valence-corrected chi connectivity index (χ0v) is 6.52. The van der Waals surface area contributed by atoms with E-state index in [9.17, 15) is 4.21 Å². The molecule has 0 aromatic heterocycles. The minimum atomic E-state index is -1.92. The van der Waals surface area contributed by atoms with E-state index in [1.807, 2.05) is 0 Å². The van der Waals surface area contributed by atoms with Gasteiger partial charge in [0.1, 0.15) is 0 Å². The second kappa shape index (κ2) is 5.83. The fraction of sp³-hybridized carbons (Fsp3) is 0. The fourth-order valence-electron chi connectivity index (χ4n) is 0.576. The van der Waals surface area contributed by atoms with E-state index >= 15 is 0 Å². The molecule has 1 rings (SSSR count). The molecule has 0 heterocycles. The van der Waals surface area contributed by atoms with Crippen molar-refractivity contribution in [1.82, 2.24) is 0 Å². The van der Waals surface area contributed by atoms with E-state index in [1.165, 1.54) is 6.07 Å². The Bertz CT molecular complexity index is 267. The van der Waals surface area contributed by atoms with Gasteiger partial charge in [0.2, 0.25) is 0 Å². The van der Waals surface area contributed by atoms with Crippen LogP contribution in [0.3, 0.4) is 0 Å². The molecule has 2 nitrogen and oxygen atoms in total. The molecule has 11 heavy (non-hydrogen) atoms. The van der Waals surface area contributed by atoms with E-state index < -0.39 is 11.1 Å². The predicted molar refractivity (Wildman–Crippen MR) is 47.6 cm³/mol. The van der Waals surface area contributed by atoms with E-state index in [1.54, 1.807) is 18.2 Å². The molecule has 5 heteroatoms. The summed E-state index contributed by atoms with van der Waals surface area (Å²) in [5.74, 6) is 0. The average molecular weight is 217 g/mol. The van der Waals surface area contributed by atoms with Crippen LogP contribution in [0.5, 0.6) is 0 Å². The van der Waals surface area contributed by atoms with Gasteiger partial charge in [-0.05, 0) is 18.2 Å². The van der Waals surface area contributed by atoms with Gasteiger partial charge < -0.3 is 4.55 Å². The van der Waals surface area contributed by atoms with Crippen molar-refractivity contribution in [3.8, 4) is 0 Å². The number of rotatable bonds is 1. The molecule has 0 saturated carbocycles. The minimum absolute atomic E-state index is 0. The van der Waals surface area contributed by atoms with Crippen LogP contribution in [0.4, 0.5) is 0 Å². The molecule has 1 atom stereocenters. The molecule has 1 aromatic carbocycles. The van der Waals surface area contributed by atoms with Crippen LogP contribution in [-0.4, -0.2) is 60.1 Å². The maximum absolute atomic E-state index is 10.4. The molecule has 56 valence electrons. The normalized spacial score (nSPS) is 11.8. The van der Waals surface area contributed by atoms with E-state index in [-0.39, 0.29) is 51.4 Å². The standard InChI is InChI=1S/C6H5ClO2S.K.H/c7-5-2-1-3-6(4-5)10(8)9;;/h1-4H,(H,8,9);;. The van der Waals surface area contributed by atoms with Gasteiger partial charge in [0.05, 0.1) is 4.90 Å². The van der Waals surface area contributed by atoms with Crippen LogP contribution in [0.2, 0.25) is 5.02 Å². The monoisotopic (exact) mass is 216 g/mol. The molecule has 1 N–H and O–H groups in total. The van der Waals surface area contributed by atoms with Crippen LogP contribution >= 0.6 is 11.6 Å². The molecule has 1 aromatic rings. The Hall–Kier alpha value is 1.26. The third-order valence-corrected chi connectivity index (χ3v) is 1.89. The number of benzene rings is 1. The fourth-order valence-corrected chi connectivity index (χ4v) is 1.25. The Labute approximate surface area is 115 Å². The summed E-state index contributed by atoms with van der Waals surface area (Å²) in [7, 11) is 0. The Morgan fingerprint density at radius 3 is 2.45 bits per heavy atom. The number of halogens is 1. The van der Waals surface area contributed by atoms with E-state index in [0.717, 1.165) is 0 Å². The predicted octanol–water partition coefficient (Wildman–Crippen LogP) is 1.27.